The average molecular weight is 623 g/mol. The van der Waals surface area contributed by atoms with Gasteiger partial charge in [0.25, 0.3) is 0 Å². The van der Waals surface area contributed by atoms with Gasteiger partial charge in [0.15, 0.2) is 0 Å². The molecule has 4 rings (SSSR count). The summed E-state index contributed by atoms with van der Waals surface area (Å²) in [5.41, 5.74) is 1.65. The molecule has 2 aliphatic heterocycles. The van der Waals surface area contributed by atoms with Crippen molar-refractivity contribution in [1.29, 1.82) is 0 Å². The first kappa shape index (κ1) is 35.2. The highest BCUT2D eigenvalue weighted by atomic mass is 35.5. The molecule has 2 atom stereocenters. The van der Waals surface area contributed by atoms with Crippen LogP contribution in [0, 0.1) is 5.92 Å². The van der Waals surface area contributed by atoms with Gasteiger partial charge in [0.2, 0.25) is 11.8 Å². The van der Waals surface area contributed by atoms with Gasteiger partial charge in [0.1, 0.15) is 18.0 Å². The van der Waals surface area contributed by atoms with Gasteiger partial charge in [-0.15, -0.1) is 0 Å². The number of likely N-dealkylation sites (N-methyl/N-ethyl adjacent to an activating group) is 1. The fourth-order valence-electron chi connectivity index (χ4n) is 4.98. The first-order valence-electron chi connectivity index (χ1n) is 14.5. The minimum absolute atomic E-state index is 0.00264. The van der Waals surface area contributed by atoms with Gasteiger partial charge in [-0.1, -0.05) is 82.9 Å². The molecule has 2 fully saturated rings. The number of carbonyl (C=O) groups excluding carboxylic acids is 3. The van der Waals surface area contributed by atoms with Gasteiger partial charge < -0.3 is 19.9 Å². The lowest BCUT2D eigenvalue weighted by atomic mass is 9.96. The lowest BCUT2D eigenvalue weighted by molar-refractivity contribution is -0.188. The second-order valence-corrected chi connectivity index (χ2v) is 10.9. The summed E-state index contributed by atoms with van der Waals surface area (Å²) in [5.74, 6) is 0.555. The molecule has 42 heavy (non-hydrogen) atoms. The van der Waals surface area contributed by atoms with E-state index in [2.05, 4.69) is 5.32 Å². The summed E-state index contributed by atoms with van der Waals surface area (Å²) in [4.78, 5) is 43.7. The Morgan fingerprint density at radius 1 is 1.05 bits per heavy atom. The number of amides is 4. The highest BCUT2D eigenvalue weighted by molar-refractivity contribution is 6.35. The van der Waals surface area contributed by atoms with Gasteiger partial charge in [0.05, 0.1) is 20.2 Å². The Balaban J connectivity index is 0.00000148. The second kappa shape index (κ2) is 16.6. The fourth-order valence-corrected chi connectivity index (χ4v) is 5.45. The number of rotatable bonds is 7. The SMILES string of the molecule is CC.CC.COc1ccc(CNC(=O)N2C3CN(Cc4ccc(Cl)cc4Cl)C(=O)[C@H](CC(C)C)N3C(=O)CN2C)cc1. The van der Waals surface area contributed by atoms with Crippen molar-refractivity contribution >= 4 is 41.0 Å². The Morgan fingerprint density at radius 2 is 1.69 bits per heavy atom. The quantitative estimate of drug-likeness (QED) is 0.407. The van der Waals surface area contributed by atoms with Crippen molar-refractivity contribution in [3.63, 3.8) is 0 Å². The normalized spacial score (nSPS) is 18.5. The Bertz CT molecular complexity index is 1190. The van der Waals surface area contributed by atoms with E-state index in [1.165, 1.54) is 0 Å². The minimum Gasteiger partial charge on any atom is -0.497 e. The molecule has 0 spiro atoms. The number of piperazine rings is 1. The molecule has 232 valence electrons. The maximum absolute atomic E-state index is 13.7. The van der Waals surface area contributed by atoms with Crippen LogP contribution in [0.2, 0.25) is 10.0 Å². The first-order chi connectivity index (χ1) is 20.1. The molecule has 2 heterocycles. The van der Waals surface area contributed by atoms with Crippen LogP contribution in [-0.4, -0.2) is 77.1 Å². The highest BCUT2D eigenvalue weighted by Crippen LogP contribution is 2.31. The van der Waals surface area contributed by atoms with Crippen molar-refractivity contribution in [1.82, 2.24) is 25.1 Å². The van der Waals surface area contributed by atoms with Crippen LogP contribution in [0.4, 0.5) is 4.79 Å². The molecule has 2 aromatic carbocycles. The lowest BCUT2D eigenvalue weighted by Crippen LogP contribution is -2.75. The van der Waals surface area contributed by atoms with Crippen LogP contribution in [0.1, 0.15) is 59.1 Å². The van der Waals surface area contributed by atoms with Crippen LogP contribution in [0.25, 0.3) is 0 Å². The number of hydrazine groups is 1. The van der Waals surface area contributed by atoms with Crippen LogP contribution in [0.3, 0.4) is 0 Å². The molecule has 1 N–H and O–H groups in total. The predicted octanol–water partition coefficient (Wildman–Crippen LogP) is 6.04. The third-order valence-electron chi connectivity index (χ3n) is 6.82. The second-order valence-electron chi connectivity index (χ2n) is 10.0. The minimum atomic E-state index is -0.682. The maximum Gasteiger partial charge on any atom is 0.334 e. The van der Waals surface area contributed by atoms with E-state index in [1.807, 2.05) is 65.8 Å². The third-order valence-corrected chi connectivity index (χ3v) is 7.41. The summed E-state index contributed by atoms with van der Waals surface area (Å²) in [6.45, 7) is 12.7. The van der Waals surface area contributed by atoms with Crippen LogP contribution in [0.15, 0.2) is 42.5 Å². The van der Waals surface area contributed by atoms with Gasteiger partial charge in [-0.05, 0) is 47.7 Å². The van der Waals surface area contributed by atoms with E-state index in [1.54, 1.807) is 52.2 Å². The van der Waals surface area contributed by atoms with E-state index in [4.69, 9.17) is 27.9 Å². The number of ether oxygens (including phenoxy) is 1. The number of hydrogen-bond acceptors (Lipinski definition) is 5. The molecule has 4 amide bonds. The summed E-state index contributed by atoms with van der Waals surface area (Å²) in [6.07, 6.45) is -0.179. The van der Waals surface area contributed by atoms with Gasteiger partial charge in [0, 0.05) is 30.2 Å². The van der Waals surface area contributed by atoms with E-state index in [9.17, 15) is 14.4 Å². The number of nitrogens with one attached hydrogen (secondary N) is 1. The lowest BCUT2D eigenvalue weighted by Gasteiger charge is -2.54. The number of urea groups is 1. The molecule has 9 nitrogen and oxygen atoms in total. The monoisotopic (exact) mass is 621 g/mol. The number of hydrogen-bond donors (Lipinski definition) is 1. The van der Waals surface area contributed by atoms with Crippen molar-refractivity contribution < 1.29 is 19.1 Å². The van der Waals surface area contributed by atoms with E-state index < -0.39 is 12.2 Å². The zero-order valence-corrected chi connectivity index (χ0v) is 27.5. The van der Waals surface area contributed by atoms with E-state index >= 15 is 0 Å². The number of halogens is 2. The number of nitrogens with zero attached hydrogens (tertiary/aromatic N) is 4. The topological polar surface area (TPSA) is 85.4 Å². The van der Waals surface area contributed by atoms with Gasteiger partial charge in [-0.25, -0.2) is 14.8 Å². The molecule has 11 heteroatoms. The van der Waals surface area contributed by atoms with Gasteiger partial charge in [-0.2, -0.15) is 0 Å². The fraction of sp³-hybridized carbons (Fsp3) is 0.516. The van der Waals surface area contributed by atoms with Crippen LogP contribution >= 0.6 is 23.2 Å². The van der Waals surface area contributed by atoms with Crippen molar-refractivity contribution in [2.45, 2.75) is 73.3 Å². The number of benzene rings is 2. The molecule has 0 aromatic heterocycles. The van der Waals surface area contributed by atoms with Crippen molar-refractivity contribution in [3.8, 4) is 5.75 Å². The average Bonchev–Trinajstić information content (AvgIpc) is 2.97. The zero-order chi connectivity index (χ0) is 31.6. The summed E-state index contributed by atoms with van der Waals surface area (Å²) in [5, 5.41) is 7.08. The van der Waals surface area contributed by atoms with Crippen molar-refractivity contribution in [3.05, 3.63) is 63.6 Å². The molecule has 2 aliphatic rings. The third kappa shape index (κ3) is 8.52. The summed E-state index contributed by atoms with van der Waals surface area (Å²) in [6, 6.07) is 11.5. The van der Waals surface area contributed by atoms with Gasteiger partial charge >= 0.3 is 6.03 Å². The molecular weight excluding hydrogens is 577 g/mol. The standard InChI is InChI=1S/C27H33Cl2N5O4.2C2H6/c1-17(2)11-23-26(36)32(14-19-7-8-20(28)12-22(19)29)15-24-33(23)25(35)16-31(3)34(24)27(37)30-13-18-5-9-21(38-4)10-6-18;2*1-2/h5-10,12,17,23-24H,11,13-16H2,1-4H3,(H,30,37);2*1-2H3/t23-,24?;;/m0../s1. The Kier molecular flexibility index (Phi) is 13.9. The molecule has 2 aromatic rings. The summed E-state index contributed by atoms with van der Waals surface area (Å²) < 4.78 is 5.20. The molecule has 0 radical (unpaired) electrons. The summed E-state index contributed by atoms with van der Waals surface area (Å²) in [7, 11) is 3.30. The van der Waals surface area contributed by atoms with Crippen molar-refractivity contribution in [2.24, 2.45) is 5.92 Å². The van der Waals surface area contributed by atoms with E-state index in [-0.39, 0.29) is 43.4 Å². The number of methoxy groups -OCH3 is 1. The van der Waals surface area contributed by atoms with E-state index in [0.717, 1.165) is 16.9 Å². The predicted molar refractivity (Wildman–Crippen MR) is 168 cm³/mol. The highest BCUT2D eigenvalue weighted by Gasteiger charge is 2.50. The molecule has 0 bridgehead atoms. The Morgan fingerprint density at radius 3 is 2.26 bits per heavy atom. The largest absolute Gasteiger partial charge is 0.497 e. The number of fused-ring (bicyclic) bond motifs is 1. The Hall–Kier alpha value is -3.01. The van der Waals surface area contributed by atoms with Crippen LogP contribution in [0.5, 0.6) is 5.75 Å². The molecule has 2 saturated heterocycles. The van der Waals surface area contributed by atoms with Crippen molar-refractivity contribution in [2.75, 3.05) is 27.2 Å². The smallest absolute Gasteiger partial charge is 0.334 e. The summed E-state index contributed by atoms with van der Waals surface area (Å²) >= 11 is 12.5. The van der Waals surface area contributed by atoms with E-state index in [0.29, 0.717) is 23.0 Å². The van der Waals surface area contributed by atoms with Gasteiger partial charge in [-0.3, -0.25) is 9.59 Å². The van der Waals surface area contributed by atoms with Crippen LogP contribution in [-0.2, 0) is 22.7 Å². The number of carbonyl (C=O) groups is 3. The molecule has 1 unspecified atom stereocenters. The molecule has 0 saturated carbocycles. The Labute approximate surface area is 260 Å². The molecule has 0 aliphatic carbocycles. The zero-order valence-electron chi connectivity index (χ0n) is 26.0. The maximum atomic E-state index is 13.7. The molecular formula is C31H45Cl2N5O4. The first-order valence-corrected chi connectivity index (χ1v) is 15.3. The van der Waals surface area contributed by atoms with Crippen LogP contribution < -0.4 is 10.1 Å².